The van der Waals surface area contributed by atoms with Crippen LogP contribution in [-0.2, 0) is 6.42 Å². The molecular weight excluding hydrogens is 269 g/mol. The zero-order valence-electron chi connectivity index (χ0n) is 11.9. The Hall–Kier alpha value is -2.36. The third-order valence-corrected chi connectivity index (χ3v) is 3.56. The van der Waals surface area contributed by atoms with Crippen LogP contribution in [0.1, 0.15) is 41.3 Å². The number of aromatic carboxylic acids is 1. The number of hydrogen-bond acceptors (Lipinski definition) is 2. The van der Waals surface area contributed by atoms with Crippen molar-refractivity contribution in [3.63, 3.8) is 0 Å². The Balaban J connectivity index is 2.43. The zero-order valence-corrected chi connectivity index (χ0v) is 11.9. The van der Waals surface area contributed by atoms with E-state index in [1.165, 1.54) is 19.2 Å². The number of nitrogens with two attached hydrogens (primary N) is 1. The molecule has 21 heavy (non-hydrogen) atoms. The van der Waals surface area contributed by atoms with Crippen LogP contribution in [0.15, 0.2) is 48.0 Å². The van der Waals surface area contributed by atoms with Crippen molar-refractivity contribution >= 4 is 11.5 Å². The number of aryl methyl sites for hydroxylation is 1. The minimum absolute atomic E-state index is 0.245. The van der Waals surface area contributed by atoms with Gasteiger partial charge in [0.15, 0.2) is 0 Å². The van der Waals surface area contributed by atoms with E-state index in [2.05, 4.69) is 0 Å². The molecule has 0 spiro atoms. The van der Waals surface area contributed by atoms with Crippen LogP contribution in [0.3, 0.4) is 0 Å². The Bertz CT molecular complexity index is 653. The lowest BCUT2D eigenvalue weighted by molar-refractivity contribution is 0.0697. The van der Waals surface area contributed by atoms with Crippen molar-refractivity contribution in [2.45, 2.75) is 26.2 Å². The lowest BCUT2D eigenvalue weighted by atomic mass is 9.85. The van der Waals surface area contributed by atoms with Crippen LogP contribution < -0.4 is 5.73 Å². The highest BCUT2D eigenvalue weighted by Crippen LogP contribution is 2.33. The van der Waals surface area contributed by atoms with E-state index < -0.39 is 5.97 Å². The second kappa shape index (κ2) is 6.39. The van der Waals surface area contributed by atoms with Crippen LogP contribution in [0, 0.1) is 0 Å². The third kappa shape index (κ3) is 3.40. The molecule has 0 saturated heterocycles. The smallest absolute Gasteiger partial charge is 0.335 e. The molecule has 110 valence electrons. The molecule has 0 heterocycles. The highest BCUT2D eigenvalue weighted by atomic mass is 19.1. The second-order valence-electron chi connectivity index (χ2n) is 5.02. The molecule has 2 rings (SSSR count). The Morgan fingerprint density at radius 2 is 2.24 bits per heavy atom. The van der Waals surface area contributed by atoms with Gasteiger partial charge in [-0.15, -0.1) is 0 Å². The number of carbonyl (C=O) groups is 1. The number of carboxylic acids is 1. The molecule has 0 atom stereocenters. The SMILES string of the molecule is C/C(F)=C\C/C(=C\N)C1=CCCc2ccc(C(=O)O)cc21. The quantitative estimate of drug-likeness (QED) is 0.884. The third-order valence-electron chi connectivity index (χ3n) is 3.56. The molecule has 0 amide bonds. The predicted molar refractivity (Wildman–Crippen MR) is 81.5 cm³/mol. The van der Waals surface area contributed by atoms with Gasteiger partial charge in [-0.05, 0) is 72.9 Å². The van der Waals surface area contributed by atoms with Gasteiger partial charge in [0.05, 0.1) is 11.4 Å². The Morgan fingerprint density at radius 3 is 2.86 bits per heavy atom. The van der Waals surface area contributed by atoms with Gasteiger partial charge in [-0.2, -0.15) is 0 Å². The van der Waals surface area contributed by atoms with Gasteiger partial charge in [0.25, 0.3) is 0 Å². The molecule has 0 unspecified atom stereocenters. The van der Waals surface area contributed by atoms with Crippen molar-refractivity contribution in [1.29, 1.82) is 0 Å². The summed E-state index contributed by atoms with van der Waals surface area (Å²) in [5.41, 5.74) is 9.60. The van der Waals surface area contributed by atoms with E-state index in [0.29, 0.717) is 6.42 Å². The standard InChI is InChI=1S/C17H18FNO2/c1-11(18)5-6-14(10-19)15-4-2-3-12-7-8-13(17(20)21)9-16(12)15/h4-5,7-10H,2-3,6,19H2,1H3,(H,20,21)/b11-5+,14-10+. The van der Waals surface area contributed by atoms with E-state index in [4.69, 9.17) is 10.8 Å². The number of fused-ring (bicyclic) bond motifs is 1. The summed E-state index contributed by atoms with van der Waals surface area (Å²) in [5.74, 6) is -1.22. The second-order valence-corrected chi connectivity index (χ2v) is 5.02. The number of carboxylic acid groups (broad SMARTS) is 1. The summed E-state index contributed by atoms with van der Waals surface area (Å²) in [7, 11) is 0. The predicted octanol–water partition coefficient (Wildman–Crippen LogP) is 3.82. The summed E-state index contributed by atoms with van der Waals surface area (Å²) in [6, 6.07) is 5.12. The summed E-state index contributed by atoms with van der Waals surface area (Å²) in [6.45, 7) is 1.39. The van der Waals surface area contributed by atoms with Crippen molar-refractivity contribution < 1.29 is 14.3 Å². The molecule has 3 N–H and O–H groups in total. The zero-order chi connectivity index (χ0) is 15.4. The molecule has 1 aliphatic carbocycles. The molecule has 0 bridgehead atoms. The maximum atomic E-state index is 12.9. The molecule has 1 aliphatic rings. The summed E-state index contributed by atoms with van der Waals surface area (Å²) in [4.78, 5) is 11.1. The number of halogens is 1. The van der Waals surface area contributed by atoms with E-state index >= 15 is 0 Å². The average molecular weight is 287 g/mol. The van der Waals surface area contributed by atoms with Crippen LogP contribution in [0.25, 0.3) is 5.57 Å². The van der Waals surface area contributed by atoms with Crippen LogP contribution in [0.4, 0.5) is 4.39 Å². The minimum atomic E-state index is -0.958. The lowest BCUT2D eigenvalue weighted by Crippen LogP contribution is -2.06. The van der Waals surface area contributed by atoms with Gasteiger partial charge >= 0.3 is 5.97 Å². The first kappa shape index (κ1) is 15.0. The fraction of sp³-hybridized carbons (Fsp3) is 0.235. The maximum absolute atomic E-state index is 12.9. The van der Waals surface area contributed by atoms with Gasteiger partial charge in [-0.1, -0.05) is 12.1 Å². The van der Waals surface area contributed by atoms with Crippen molar-refractivity contribution in [1.82, 2.24) is 0 Å². The van der Waals surface area contributed by atoms with Crippen LogP contribution >= 0.6 is 0 Å². The molecule has 0 aromatic heterocycles. The molecule has 0 saturated carbocycles. The highest BCUT2D eigenvalue weighted by molar-refractivity contribution is 5.91. The molecule has 1 aromatic rings. The molecule has 1 aromatic carbocycles. The summed E-state index contributed by atoms with van der Waals surface area (Å²) in [6.07, 6.45) is 7.09. The minimum Gasteiger partial charge on any atom is -0.478 e. The summed E-state index contributed by atoms with van der Waals surface area (Å²) in [5, 5.41) is 9.13. The van der Waals surface area contributed by atoms with Crippen LogP contribution in [-0.4, -0.2) is 11.1 Å². The van der Waals surface area contributed by atoms with E-state index in [1.54, 1.807) is 12.1 Å². The van der Waals surface area contributed by atoms with Crippen LogP contribution in [0.5, 0.6) is 0 Å². The molecule has 0 aliphatic heterocycles. The summed E-state index contributed by atoms with van der Waals surface area (Å²) >= 11 is 0. The van der Waals surface area contributed by atoms with E-state index in [1.807, 2.05) is 12.1 Å². The fourth-order valence-electron chi connectivity index (χ4n) is 2.48. The first-order valence-electron chi connectivity index (χ1n) is 6.83. The van der Waals surface area contributed by atoms with Gasteiger partial charge in [0.1, 0.15) is 0 Å². The molecule has 0 radical (unpaired) electrons. The van der Waals surface area contributed by atoms with E-state index in [0.717, 1.165) is 35.1 Å². The first-order valence-corrected chi connectivity index (χ1v) is 6.83. The number of benzene rings is 1. The van der Waals surface area contributed by atoms with Crippen LogP contribution in [0.2, 0.25) is 0 Å². The largest absolute Gasteiger partial charge is 0.478 e. The van der Waals surface area contributed by atoms with Crippen molar-refractivity contribution in [3.05, 3.63) is 64.6 Å². The Labute approximate surface area is 123 Å². The molecule has 4 heteroatoms. The molecular formula is C17H18FNO2. The van der Waals surface area contributed by atoms with Gasteiger partial charge < -0.3 is 10.8 Å². The van der Waals surface area contributed by atoms with Gasteiger partial charge in [-0.25, -0.2) is 9.18 Å². The van der Waals surface area contributed by atoms with Gasteiger partial charge in [0.2, 0.25) is 0 Å². The maximum Gasteiger partial charge on any atom is 0.335 e. The molecule has 3 nitrogen and oxygen atoms in total. The van der Waals surface area contributed by atoms with Crippen molar-refractivity contribution in [2.75, 3.05) is 0 Å². The Kier molecular flexibility index (Phi) is 4.58. The average Bonchev–Trinajstić information content (AvgIpc) is 2.47. The topological polar surface area (TPSA) is 63.3 Å². The fourth-order valence-corrected chi connectivity index (χ4v) is 2.48. The number of hydrogen-bond donors (Lipinski definition) is 2. The first-order chi connectivity index (χ1) is 10.0. The van der Waals surface area contributed by atoms with E-state index in [-0.39, 0.29) is 11.4 Å². The normalized spacial score (nSPS) is 15.4. The Morgan fingerprint density at radius 1 is 1.48 bits per heavy atom. The molecule has 0 fully saturated rings. The number of rotatable bonds is 4. The van der Waals surface area contributed by atoms with E-state index in [9.17, 15) is 9.18 Å². The lowest BCUT2D eigenvalue weighted by Gasteiger charge is -2.20. The van der Waals surface area contributed by atoms with Gasteiger partial charge in [0, 0.05) is 0 Å². The summed E-state index contributed by atoms with van der Waals surface area (Å²) < 4.78 is 12.9. The van der Waals surface area contributed by atoms with Crippen molar-refractivity contribution in [3.8, 4) is 0 Å². The van der Waals surface area contributed by atoms with Crippen molar-refractivity contribution in [2.24, 2.45) is 5.73 Å². The monoisotopic (exact) mass is 287 g/mol. The van der Waals surface area contributed by atoms with Gasteiger partial charge in [-0.3, -0.25) is 0 Å². The highest BCUT2D eigenvalue weighted by Gasteiger charge is 2.17. The number of allylic oxidation sites excluding steroid dienone is 5.